The monoisotopic (exact) mass is 245 g/mol. The van der Waals surface area contributed by atoms with Gasteiger partial charge in [0, 0.05) is 13.1 Å². The van der Waals surface area contributed by atoms with Crippen LogP contribution in [-0.2, 0) is 9.53 Å². The van der Waals surface area contributed by atoms with Gasteiger partial charge < -0.3 is 15.4 Å². The van der Waals surface area contributed by atoms with Gasteiger partial charge in [-0.25, -0.2) is 14.2 Å². The summed E-state index contributed by atoms with van der Waals surface area (Å²) in [7, 11) is 1.15. The fourth-order valence-electron chi connectivity index (χ4n) is 1.78. The molecule has 0 spiro atoms. The van der Waals surface area contributed by atoms with Gasteiger partial charge in [0.1, 0.15) is 0 Å². The van der Waals surface area contributed by atoms with Crippen LogP contribution in [0.25, 0.3) is 0 Å². The number of alkyl halides is 1. The average molecular weight is 245 g/mol. The Kier molecular flexibility index (Phi) is 5.72. The third-order valence-corrected chi connectivity index (χ3v) is 2.80. The van der Waals surface area contributed by atoms with E-state index in [1.54, 1.807) is 0 Å². The number of hydrogen-bond acceptors (Lipinski definition) is 3. The van der Waals surface area contributed by atoms with E-state index < -0.39 is 12.1 Å². The Balaban J connectivity index is 2.44. The minimum Gasteiger partial charge on any atom is -0.467 e. The van der Waals surface area contributed by atoms with Gasteiger partial charge in [-0.15, -0.1) is 0 Å². The molecule has 5 nitrogen and oxygen atoms in total. The van der Waals surface area contributed by atoms with Gasteiger partial charge in [0.05, 0.1) is 13.7 Å². The van der Waals surface area contributed by atoms with E-state index in [0.29, 0.717) is 5.96 Å². The Morgan fingerprint density at radius 3 is 2.53 bits per heavy atom. The van der Waals surface area contributed by atoms with Crippen LogP contribution < -0.4 is 5.73 Å². The summed E-state index contributed by atoms with van der Waals surface area (Å²) in [6.07, 6.45) is 2.80. The van der Waals surface area contributed by atoms with Crippen molar-refractivity contribution in [3.63, 3.8) is 0 Å². The number of esters is 1. The molecule has 1 saturated heterocycles. The van der Waals surface area contributed by atoms with Crippen LogP contribution in [0.15, 0.2) is 4.99 Å². The van der Waals surface area contributed by atoms with Crippen molar-refractivity contribution in [2.24, 2.45) is 10.7 Å². The average Bonchev–Trinajstić information content (AvgIpc) is 2.63. The molecule has 0 amide bonds. The van der Waals surface area contributed by atoms with Gasteiger partial charge in [-0.2, -0.15) is 0 Å². The second-order valence-electron chi connectivity index (χ2n) is 4.09. The number of halogens is 1. The van der Waals surface area contributed by atoms with Gasteiger partial charge in [-0.1, -0.05) is 12.8 Å². The Hall–Kier alpha value is -1.33. The predicted molar refractivity (Wildman–Crippen MR) is 63.4 cm³/mol. The highest BCUT2D eigenvalue weighted by atomic mass is 19.1. The lowest BCUT2D eigenvalue weighted by atomic mass is 10.2. The molecule has 0 aromatic rings. The molecule has 0 aliphatic carbocycles. The lowest BCUT2D eigenvalue weighted by Gasteiger charge is -2.21. The minimum absolute atomic E-state index is 0.269. The lowest BCUT2D eigenvalue weighted by molar-refractivity contribution is -0.146. The summed E-state index contributed by atoms with van der Waals surface area (Å²) in [6, 6.07) is 0. The Labute approximate surface area is 101 Å². The first-order chi connectivity index (χ1) is 8.15. The van der Waals surface area contributed by atoms with Gasteiger partial charge >= 0.3 is 5.97 Å². The third kappa shape index (κ3) is 4.58. The quantitative estimate of drug-likeness (QED) is 0.451. The van der Waals surface area contributed by atoms with Crippen molar-refractivity contribution in [2.75, 3.05) is 26.7 Å². The number of hydrogen-bond donors (Lipinski definition) is 1. The molecule has 1 fully saturated rings. The molecule has 1 aliphatic rings. The molecule has 6 heteroatoms. The highest BCUT2D eigenvalue weighted by Crippen LogP contribution is 2.09. The molecular weight excluding hydrogens is 225 g/mol. The van der Waals surface area contributed by atoms with E-state index in [1.807, 2.05) is 4.90 Å². The van der Waals surface area contributed by atoms with Crippen LogP contribution in [0.3, 0.4) is 0 Å². The number of nitrogens with zero attached hydrogens (tertiary/aromatic N) is 2. The van der Waals surface area contributed by atoms with Crippen LogP contribution in [0, 0.1) is 0 Å². The zero-order valence-corrected chi connectivity index (χ0v) is 10.2. The largest absolute Gasteiger partial charge is 0.467 e. The van der Waals surface area contributed by atoms with E-state index in [9.17, 15) is 9.18 Å². The summed E-state index contributed by atoms with van der Waals surface area (Å²) in [5.41, 5.74) is 5.76. The topological polar surface area (TPSA) is 67.9 Å². The number of ether oxygens (including phenoxy) is 1. The standard InChI is InChI=1S/C11H20FN3O2/c1-17-10(16)9(12)8-14-11(13)15-6-4-2-3-5-7-15/h9H,2-8H2,1H3,(H2,13,14). The molecule has 17 heavy (non-hydrogen) atoms. The summed E-state index contributed by atoms with van der Waals surface area (Å²) in [6.45, 7) is 1.43. The fraction of sp³-hybridized carbons (Fsp3) is 0.818. The van der Waals surface area contributed by atoms with Gasteiger partial charge in [0.2, 0.25) is 6.17 Å². The van der Waals surface area contributed by atoms with E-state index in [-0.39, 0.29) is 6.54 Å². The van der Waals surface area contributed by atoms with Gasteiger partial charge in [-0.3, -0.25) is 0 Å². The number of methoxy groups -OCH3 is 1. The second kappa shape index (κ2) is 7.09. The maximum Gasteiger partial charge on any atom is 0.342 e. The summed E-state index contributed by atoms with van der Waals surface area (Å²) in [5, 5.41) is 0. The Bertz CT molecular complexity index is 276. The molecule has 0 saturated carbocycles. The SMILES string of the molecule is COC(=O)C(F)CN=C(N)N1CCCCCC1. The maximum absolute atomic E-state index is 13.1. The highest BCUT2D eigenvalue weighted by molar-refractivity contribution is 5.79. The smallest absolute Gasteiger partial charge is 0.342 e. The van der Waals surface area contributed by atoms with Crippen LogP contribution in [0.5, 0.6) is 0 Å². The molecule has 0 aromatic heterocycles. The molecule has 0 bridgehead atoms. The zero-order valence-electron chi connectivity index (χ0n) is 10.2. The van der Waals surface area contributed by atoms with Crippen LogP contribution in [0.4, 0.5) is 4.39 Å². The number of guanidine groups is 1. The van der Waals surface area contributed by atoms with Crippen LogP contribution in [0.1, 0.15) is 25.7 Å². The minimum atomic E-state index is -1.73. The second-order valence-corrected chi connectivity index (χ2v) is 4.09. The first kappa shape index (κ1) is 13.7. The molecule has 2 N–H and O–H groups in total. The molecule has 1 heterocycles. The van der Waals surface area contributed by atoms with Gasteiger partial charge in [-0.05, 0) is 12.8 Å². The molecule has 1 aliphatic heterocycles. The third-order valence-electron chi connectivity index (χ3n) is 2.80. The number of likely N-dealkylation sites (tertiary alicyclic amines) is 1. The van der Waals surface area contributed by atoms with Crippen molar-refractivity contribution < 1.29 is 13.9 Å². The van der Waals surface area contributed by atoms with Crippen LogP contribution in [-0.4, -0.2) is 49.7 Å². The van der Waals surface area contributed by atoms with Crippen molar-refractivity contribution >= 4 is 11.9 Å². The van der Waals surface area contributed by atoms with E-state index in [2.05, 4.69) is 9.73 Å². The number of carbonyl (C=O) groups is 1. The maximum atomic E-state index is 13.1. The molecular formula is C11H20FN3O2. The first-order valence-corrected chi connectivity index (χ1v) is 5.92. The van der Waals surface area contributed by atoms with E-state index >= 15 is 0 Å². The first-order valence-electron chi connectivity index (χ1n) is 5.92. The molecule has 1 atom stereocenters. The molecule has 0 aromatic carbocycles. The summed E-state index contributed by atoms with van der Waals surface area (Å²) in [5.74, 6) is -0.587. The van der Waals surface area contributed by atoms with Crippen molar-refractivity contribution in [1.82, 2.24) is 4.90 Å². The number of aliphatic imine (C=N–C) groups is 1. The number of rotatable bonds is 3. The van der Waals surface area contributed by atoms with E-state index in [4.69, 9.17) is 5.73 Å². The normalized spacial score (nSPS) is 19.6. The summed E-state index contributed by atoms with van der Waals surface area (Å²) in [4.78, 5) is 16.7. The highest BCUT2D eigenvalue weighted by Gasteiger charge is 2.18. The number of nitrogens with two attached hydrogens (primary N) is 1. The van der Waals surface area contributed by atoms with Crippen LogP contribution in [0.2, 0.25) is 0 Å². The van der Waals surface area contributed by atoms with Crippen molar-refractivity contribution in [2.45, 2.75) is 31.9 Å². The molecule has 1 unspecified atom stereocenters. The fourth-order valence-corrected chi connectivity index (χ4v) is 1.78. The Morgan fingerprint density at radius 2 is 2.00 bits per heavy atom. The van der Waals surface area contributed by atoms with Crippen molar-refractivity contribution in [1.29, 1.82) is 0 Å². The summed E-state index contributed by atoms with van der Waals surface area (Å²) < 4.78 is 17.4. The van der Waals surface area contributed by atoms with Gasteiger partial charge in [0.15, 0.2) is 5.96 Å². The summed E-state index contributed by atoms with van der Waals surface area (Å²) >= 11 is 0. The lowest BCUT2D eigenvalue weighted by Crippen LogP contribution is -2.38. The van der Waals surface area contributed by atoms with Gasteiger partial charge in [0.25, 0.3) is 0 Å². The molecule has 98 valence electrons. The zero-order chi connectivity index (χ0) is 12.7. The number of carbonyl (C=O) groups excluding carboxylic acids is 1. The van der Waals surface area contributed by atoms with Crippen LogP contribution >= 0.6 is 0 Å². The molecule has 1 rings (SSSR count). The van der Waals surface area contributed by atoms with Crippen molar-refractivity contribution in [3.8, 4) is 0 Å². The predicted octanol–water partition coefficient (Wildman–Crippen LogP) is 0.688. The van der Waals surface area contributed by atoms with Crippen molar-refractivity contribution in [3.05, 3.63) is 0 Å². The van der Waals surface area contributed by atoms with E-state index in [1.165, 1.54) is 12.8 Å². The van der Waals surface area contributed by atoms with E-state index in [0.717, 1.165) is 33.0 Å². The molecule has 0 radical (unpaired) electrons. The Morgan fingerprint density at radius 1 is 1.41 bits per heavy atom.